The summed E-state index contributed by atoms with van der Waals surface area (Å²) in [5.74, 6) is 0.399. The highest BCUT2D eigenvalue weighted by Crippen LogP contribution is 2.18. The van der Waals surface area contributed by atoms with E-state index in [2.05, 4.69) is 24.1 Å². The summed E-state index contributed by atoms with van der Waals surface area (Å²) in [5, 5.41) is 3.09. The number of carbonyl (C=O) groups is 1. The molecule has 0 atom stereocenters. The second-order valence-corrected chi connectivity index (χ2v) is 5.08. The lowest BCUT2D eigenvalue weighted by molar-refractivity contribution is 0.0937. The van der Waals surface area contributed by atoms with Crippen molar-refractivity contribution in [3.8, 4) is 0 Å². The third-order valence-electron chi connectivity index (χ3n) is 3.33. The molecular formula is C14H20N2O. The summed E-state index contributed by atoms with van der Waals surface area (Å²) in [5.41, 5.74) is 1.71. The molecule has 1 amide bonds. The minimum Gasteiger partial charge on any atom is -0.349 e. The topological polar surface area (TPSA) is 42.0 Å². The first-order valence-corrected chi connectivity index (χ1v) is 6.43. The number of amides is 1. The molecule has 1 fully saturated rings. The van der Waals surface area contributed by atoms with E-state index in [0.29, 0.717) is 12.0 Å². The summed E-state index contributed by atoms with van der Waals surface area (Å²) in [6.45, 7) is 4.17. The second kappa shape index (κ2) is 5.30. The van der Waals surface area contributed by atoms with Crippen molar-refractivity contribution in [2.24, 2.45) is 0 Å². The zero-order valence-corrected chi connectivity index (χ0v) is 10.6. The van der Waals surface area contributed by atoms with Gasteiger partial charge in [0.15, 0.2) is 0 Å². The third kappa shape index (κ3) is 3.05. The number of rotatable bonds is 3. The van der Waals surface area contributed by atoms with Crippen LogP contribution in [0.25, 0.3) is 0 Å². The molecule has 0 saturated heterocycles. The number of hydrogen-bond donors (Lipinski definition) is 1. The Morgan fingerprint density at radius 2 is 2.12 bits per heavy atom. The largest absolute Gasteiger partial charge is 0.349 e. The van der Waals surface area contributed by atoms with Crippen LogP contribution in [0.5, 0.6) is 0 Å². The molecule has 0 aliphatic heterocycles. The van der Waals surface area contributed by atoms with Crippen molar-refractivity contribution in [1.29, 1.82) is 0 Å². The smallest absolute Gasteiger partial charge is 0.251 e. The monoisotopic (exact) mass is 232 g/mol. The first-order valence-electron chi connectivity index (χ1n) is 6.43. The van der Waals surface area contributed by atoms with Gasteiger partial charge in [-0.3, -0.25) is 9.78 Å². The van der Waals surface area contributed by atoms with Gasteiger partial charge in [0.1, 0.15) is 0 Å². The van der Waals surface area contributed by atoms with Gasteiger partial charge in [-0.05, 0) is 30.9 Å². The molecule has 3 nitrogen and oxygen atoms in total. The molecule has 0 unspecified atom stereocenters. The van der Waals surface area contributed by atoms with Crippen molar-refractivity contribution >= 4 is 5.91 Å². The molecule has 1 aromatic rings. The molecule has 1 N–H and O–H groups in total. The highest BCUT2D eigenvalue weighted by Gasteiger charge is 2.18. The number of pyridine rings is 1. The van der Waals surface area contributed by atoms with E-state index in [1.807, 2.05) is 6.07 Å². The van der Waals surface area contributed by atoms with Gasteiger partial charge in [0.05, 0.1) is 0 Å². The Balaban J connectivity index is 2.05. The average Bonchev–Trinajstić information content (AvgIpc) is 2.82. The van der Waals surface area contributed by atoms with Crippen LogP contribution in [0.2, 0.25) is 0 Å². The molecule has 1 aromatic heterocycles. The number of carbonyl (C=O) groups excluding carboxylic acids is 1. The maximum atomic E-state index is 12.0. The first kappa shape index (κ1) is 12.1. The molecule has 3 heteroatoms. The molecule has 0 bridgehead atoms. The second-order valence-electron chi connectivity index (χ2n) is 5.08. The number of hydrogen-bond acceptors (Lipinski definition) is 2. The molecule has 0 radical (unpaired) electrons. The van der Waals surface area contributed by atoms with Gasteiger partial charge in [0.2, 0.25) is 0 Å². The van der Waals surface area contributed by atoms with Gasteiger partial charge in [-0.1, -0.05) is 26.7 Å². The molecule has 0 aromatic carbocycles. The lowest BCUT2D eigenvalue weighted by Crippen LogP contribution is -2.32. The maximum Gasteiger partial charge on any atom is 0.251 e. The average molecular weight is 232 g/mol. The van der Waals surface area contributed by atoms with Crippen molar-refractivity contribution in [3.63, 3.8) is 0 Å². The minimum atomic E-state index is 0.0428. The summed E-state index contributed by atoms with van der Waals surface area (Å²) >= 11 is 0. The van der Waals surface area contributed by atoms with Gasteiger partial charge in [-0.2, -0.15) is 0 Å². The van der Waals surface area contributed by atoms with Gasteiger partial charge < -0.3 is 5.32 Å². The zero-order chi connectivity index (χ0) is 12.3. The Bertz CT molecular complexity index is 395. The summed E-state index contributed by atoms with van der Waals surface area (Å²) in [6.07, 6.45) is 6.43. The van der Waals surface area contributed by atoms with E-state index >= 15 is 0 Å². The zero-order valence-electron chi connectivity index (χ0n) is 10.6. The van der Waals surface area contributed by atoms with Gasteiger partial charge in [0.25, 0.3) is 5.91 Å². The Morgan fingerprint density at radius 3 is 2.76 bits per heavy atom. The molecular weight excluding hydrogens is 212 g/mol. The summed E-state index contributed by atoms with van der Waals surface area (Å²) in [4.78, 5) is 16.3. The maximum absolute atomic E-state index is 12.0. The Hall–Kier alpha value is -1.38. The van der Waals surface area contributed by atoms with Crippen LogP contribution in [0.1, 0.15) is 61.5 Å². The van der Waals surface area contributed by atoms with Crippen LogP contribution < -0.4 is 5.32 Å². The summed E-state index contributed by atoms with van der Waals surface area (Å²) in [6, 6.07) is 4.06. The van der Waals surface area contributed by atoms with Crippen molar-refractivity contribution in [2.75, 3.05) is 0 Å². The summed E-state index contributed by atoms with van der Waals surface area (Å²) < 4.78 is 0. The van der Waals surface area contributed by atoms with Gasteiger partial charge in [-0.25, -0.2) is 0 Å². The standard InChI is InChI=1S/C14H20N2O/c1-10(2)13-9-11(7-8-15-13)14(17)16-12-5-3-4-6-12/h7-10,12H,3-6H2,1-2H3,(H,16,17). The molecule has 1 heterocycles. The first-order chi connectivity index (χ1) is 8.16. The van der Waals surface area contributed by atoms with E-state index in [1.54, 1.807) is 12.3 Å². The number of nitrogens with one attached hydrogen (secondary N) is 1. The van der Waals surface area contributed by atoms with E-state index in [0.717, 1.165) is 24.1 Å². The molecule has 1 aliphatic rings. The van der Waals surface area contributed by atoms with Crippen LogP contribution in [0.4, 0.5) is 0 Å². The predicted octanol–water partition coefficient (Wildman–Crippen LogP) is 2.88. The Kier molecular flexibility index (Phi) is 3.77. The van der Waals surface area contributed by atoms with Crippen molar-refractivity contribution < 1.29 is 4.79 Å². The molecule has 92 valence electrons. The number of aromatic nitrogens is 1. The normalized spacial score (nSPS) is 16.4. The van der Waals surface area contributed by atoms with Crippen LogP contribution >= 0.6 is 0 Å². The van der Waals surface area contributed by atoms with E-state index in [9.17, 15) is 4.79 Å². The van der Waals surface area contributed by atoms with E-state index < -0.39 is 0 Å². The van der Waals surface area contributed by atoms with Gasteiger partial charge in [0, 0.05) is 23.5 Å². The SMILES string of the molecule is CC(C)c1cc(C(=O)NC2CCCC2)ccn1. The third-order valence-corrected chi connectivity index (χ3v) is 3.33. The number of nitrogens with zero attached hydrogens (tertiary/aromatic N) is 1. The van der Waals surface area contributed by atoms with Crippen LogP contribution in [-0.2, 0) is 0 Å². The van der Waals surface area contributed by atoms with Crippen LogP contribution in [0.15, 0.2) is 18.3 Å². The highest BCUT2D eigenvalue weighted by molar-refractivity contribution is 5.94. The summed E-state index contributed by atoms with van der Waals surface area (Å²) in [7, 11) is 0. The van der Waals surface area contributed by atoms with E-state index in [-0.39, 0.29) is 5.91 Å². The molecule has 1 saturated carbocycles. The fourth-order valence-electron chi connectivity index (χ4n) is 2.24. The fraction of sp³-hybridized carbons (Fsp3) is 0.571. The van der Waals surface area contributed by atoms with E-state index in [1.165, 1.54) is 12.8 Å². The van der Waals surface area contributed by atoms with Crippen LogP contribution in [-0.4, -0.2) is 16.9 Å². The van der Waals surface area contributed by atoms with Crippen LogP contribution in [0, 0.1) is 0 Å². The quantitative estimate of drug-likeness (QED) is 0.870. The Labute approximate surface area is 103 Å². The minimum absolute atomic E-state index is 0.0428. The van der Waals surface area contributed by atoms with Crippen LogP contribution in [0.3, 0.4) is 0 Å². The van der Waals surface area contributed by atoms with Gasteiger partial charge in [-0.15, -0.1) is 0 Å². The molecule has 0 spiro atoms. The van der Waals surface area contributed by atoms with Crippen molar-refractivity contribution in [2.45, 2.75) is 51.5 Å². The molecule has 17 heavy (non-hydrogen) atoms. The fourth-order valence-corrected chi connectivity index (χ4v) is 2.24. The highest BCUT2D eigenvalue weighted by atomic mass is 16.1. The van der Waals surface area contributed by atoms with Gasteiger partial charge >= 0.3 is 0 Å². The lowest BCUT2D eigenvalue weighted by Gasteiger charge is -2.12. The van der Waals surface area contributed by atoms with E-state index in [4.69, 9.17) is 0 Å². The Morgan fingerprint density at radius 1 is 1.41 bits per heavy atom. The van der Waals surface area contributed by atoms with Crippen molar-refractivity contribution in [1.82, 2.24) is 10.3 Å². The molecule has 1 aliphatic carbocycles. The lowest BCUT2D eigenvalue weighted by atomic mass is 10.1. The molecule has 2 rings (SSSR count). The van der Waals surface area contributed by atoms with Crippen molar-refractivity contribution in [3.05, 3.63) is 29.6 Å². The predicted molar refractivity (Wildman–Crippen MR) is 68.0 cm³/mol.